The summed E-state index contributed by atoms with van der Waals surface area (Å²) in [6.07, 6.45) is 4.73. The first-order valence-corrected chi connectivity index (χ1v) is 11.4. The minimum absolute atomic E-state index is 0.0212. The molecule has 1 unspecified atom stereocenters. The van der Waals surface area contributed by atoms with Crippen LogP contribution in [0.3, 0.4) is 0 Å². The van der Waals surface area contributed by atoms with E-state index in [1.807, 2.05) is 39.2 Å². The Hall–Kier alpha value is -3.38. The van der Waals surface area contributed by atoms with E-state index in [0.717, 1.165) is 24.8 Å². The van der Waals surface area contributed by atoms with E-state index in [0.29, 0.717) is 17.9 Å². The highest BCUT2D eigenvalue weighted by atomic mass is 16.3. The molecule has 2 atom stereocenters. The lowest BCUT2D eigenvalue weighted by atomic mass is 10.00. The van der Waals surface area contributed by atoms with Crippen LogP contribution in [-0.2, 0) is 12.8 Å². The van der Waals surface area contributed by atoms with Crippen molar-refractivity contribution < 1.29 is 5.11 Å². The predicted octanol–water partition coefficient (Wildman–Crippen LogP) is 3.40. The highest BCUT2D eigenvalue weighted by Gasteiger charge is 2.24. The van der Waals surface area contributed by atoms with Crippen molar-refractivity contribution in [1.29, 1.82) is 0 Å². The molecule has 0 heterocycles. The molecule has 6 nitrogen and oxygen atoms in total. The Bertz CT molecular complexity index is 1220. The maximum Gasteiger partial charge on any atom is 0.253 e. The summed E-state index contributed by atoms with van der Waals surface area (Å²) >= 11 is 0. The molecule has 0 aromatic heterocycles. The monoisotopic (exact) mass is 445 g/mol. The fourth-order valence-corrected chi connectivity index (χ4v) is 4.43. The predicted molar refractivity (Wildman–Crippen MR) is 135 cm³/mol. The van der Waals surface area contributed by atoms with Crippen LogP contribution in [-0.4, -0.2) is 42.7 Å². The van der Waals surface area contributed by atoms with Crippen LogP contribution in [0.5, 0.6) is 5.75 Å². The summed E-state index contributed by atoms with van der Waals surface area (Å²) in [5.74, 6) is 0.240. The van der Waals surface area contributed by atoms with Crippen LogP contribution in [0.2, 0.25) is 0 Å². The summed E-state index contributed by atoms with van der Waals surface area (Å²) in [6.45, 7) is 2.57. The first-order chi connectivity index (χ1) is 15.8. The van der Waals surface area contributed by atoms with Gasteiger partial charge in [-0.15, -0.1) is 0 Å². The van der Waals surface area contributed by atoms with Crippen molar-refractivity contribution >= 4 is 16.9 Å². The van der Waals surface area contributed by atoms with Crippen molar-refractivity contribution in [3.05, 3.63) is 91.7 Å². The second-order valence-electron chi connectivity index (χ2n) is 9.12. The number of nitrogens with zero attached hydrogens (tertiary/aromatic N) is 1. The third-order valence-corrected chi connectivity index (χ3v) is 6.41. The smallest absolute Gasteiger partial charge is 0.253 e. The molecule has 0 aliphatic heterocycles. The van der Waals surface area contributed by atoms with Gasteiger partial charge in [-0.1, -0.05) is 42.5 Å². The Kier molecular flexibility index (Phi) is 6.65. The quantitative estimate of drug-likeness (QED) is 0.415. The van der Waals surface area contributed by atoms with Gasteiger partial charge < -0.3 is 20.6 Å². The normalized spacial score (nSPS) is 14.7. The Morgan fingerprint density at radius 1 is 0.970 bits per heavy atom. The van der Waals surface area contributed by atoms with Crippen molar-refractivity contribution in [2.75, 3.05) is 31.3 Å². The number of rotatable bonds is 10. The van der Waals surface area contributed by atoms with E-state index in [1.165, 1.54) is 16.7 Å². The van der Waals surface area contributed by atoms with Gasteiger partial charge >= 0.3 is 0 Å². The van der Waals surface area contributed by atoms with Crippen LogP contribution < -0.4 is 21.5 Å². The Labute approximate surface area is 194 Å². The third-order valence-electron chi connectivity index (χ3n) is 6.41. The second-order valence-corrected chi connectivity index (χ2v) is 9.12. The second kappa shape index (κ2) is 9.63. The van der Waals surface area contributed by atoms with Crippen LogP contribution in [0, 0.1) is 0 Å². The van der Waals surface area contributed by atoms with Crippen LogP contribution in [0.25, 0.3) is 5.57 Å². The van der Waals surface area contributed by atoms with Gasteiger partial charge in [0.05, 0.1) is 0 Å². The SMILES string of the molecule is C[C@@H](CC1=CCc2ccccc21)Nc1c(NCC(Cc2ccc(O)cc2)N(C)C)c(=O)c1=O. The zero-order valence-corrected chi connectivity index (χ0v) is 19.4. The number of likely N-dealkylation sites (N-methyl/N-ethyl adjacent to an activating group) is 1. The highest BCUT2D eigenvalue weighted by Crippen LogP contribution is 2.31. The third kappa shape index (κ3) is 5.01. The van der Waals surface area contributed by atoms with Crippen molar-refractivity contribution in [3.8, 4) is 5.75 Å². The molecule has 3 N–H and O–H groups in total. The Morgan fingerprint density at radius 3 is 2.39 bits per heavy atom. The Balaban J connectivity index is 1.39. The number of nitrogens with one attached hydrogen (secondary N) is 2. The van der Waals surface area contributed by atoms with Crippen LogP contribution in [0.4, 0.5) is 11.4 Å². The number of fused-ring (bicyclic) bond motifs is 1. The summed E-state index contributed by atoms with van der Waals surface area (Å²) in [5, 5.41) is 16.0. The summed E-state index contributed by atoms with van der Waals surface area (Å²) < 4.78 is 0. The fraction of sp³-hybridized carbons (Fsp3) is 0.333. The lowest BCUT2D eigenvalue weighted by Gasteiger charge is -2.27. The van der Waals surface area contributed by atoms with E-state index in [9.17, 15) is 14.7 Å². The van der Waals surface area contributed by atoms with Crippen molar-refractivity contribution in [2.45, 2.75) is 38.3 Å². The molecule has 4 rings (SSSR count). The minimum atomic E-state index is -0.461. The van der Waals surface area contributed by atoms with E-state index in [2.05, 4.69) is 39.8 Å². The first-order valence-electron chi connectivity index (χ1n) is 11.4. The number of aromatic hydroxyl groups is 1. The van der Waals surface area contributed by atoms with Gasteiger partial charge in [-0.25, -0.2) is 0 Å². The van der Waals surface area contributed by atoms with Gasteiger partial charge in [0.25, 0.3) is 10.9 Å². The molecular weight excluding hydrogens is 414 g/mol. The molecule has 0 fully saturated rings. The van der Waals surface area contributed by atoms with Crippen LogP contribution in [0.15, 0.2) is 64.2 Å². The molecule has 0 amide bonds. The van der Waals surface area contributed by atoms with Crippen LogP contribution in [0.1, 0.15) is 30.0 Å². The van der Waals surface area contributed by atoms with E-state index >= 15 is 0 Å². The van der Waals surface area contributed by atoms with Gasteiger partial charge in [0.2, 0.25) is 0 Å². The largest absolute Gasteiger partial charge is 0.508 e. The lowest BCUT2D eigenvalue weighted by molar-refractivity contribution is 0.303. The zero-order valence-electron chi connectivity index (χ0n) is 19.4. The van der Waals surface area contributed by atoms with E-state index in [-0.39, 0.29) is 17.8 Å². The van der Waals surface area contributed by atoms with Crippen molar-refractivity contribution in [1.82, 2.24) is 4.90 Å². The van der Waals surface area contributed by atoms with Gasteiger partial charge in [-0.3, -0.25) is 9.59 Å². The fourth-order valence-electron chi connectivity index (χ4n) is 4.43. The number of benzene rings is 2. The average Bonchev–Trinajstić information content (AvgIpc) is 3.21. The number of phenols is 1. The number of hydrogen-bond donors (Lipinski definition) is 3. The van der Waals surface area contributed by atoms with E-state index < -0.39 is 10.9 Å². The van der Waals surface area contributed by atoms with E-state index in [4.69, 9.17) is 0 Å². The molecule has 172 valence electrons. The molecule has 0 spiro atoms. The van der Waals surface area contributed by atoms with Gasteiger partial charge in [0, 0.05) is 18.6 Å². The molecule has 6 heteroatoms. The number of allylic oxidation sites excluding steroid dienone is 1. The Morgan fingerprint density at radius 2 is 1.67 bits per heavy atom. The molecule has 33 heavy (non-hydrogen) atoms. The molecular formula is C27H31N3O3. The summed E-state index contributed by atoms with van der Waals surface area (Å²) in [6, 6.07) is 15.7. The van der Waals surface area contributed by atoms with Gasteiger partial charge in [0.1, 0.15) is 17.1 Å². The molecule has 1 aliphatic carbocycles. The summed E-state index contributed by atoms with van der Waals surface area (Å²) in [4.78, 5) is 26.7. The molecule has 1 aliphatic rings. The van der Waals surface area contributed by atoms with Crippen molar-refractivity contribution in [2.24, 2.45) is 0 Å². The number of phenolic OH excluding ortho intramolecular Hbond substituents is 1. The summed E-state index contributed by atoms with van der Waals surface area (Å²) in [5.41, 5.74) is 4.84. The van der Waals surface area contributed by atoms with E-state index in [1.54, 1.807) is 12.1 Å². The topological polar surface area (TPSA) is 81.7 Å². The first kappa shape index (κ1) is 22.8. The van der Waals surface area contributed by atoms with Gasteiger partial charge in [-0.05, 0) is 74.7 Å². The molecule has 0 saturated heterocycles. The minimum Gasteiger partial charge on any atom is -0.508 e. The molecule has 3 aromatic carbocycles. The molecule has 0 saturated carbocycles. The van der Waals surface area contributed by atoms with Crippen LogP contribution >= 0.6 is 0 Å². The highest BCUT2D eigenvalue weighted by molar-refractivity contribution is 5.76. The van der Waals surface area contributed by atoms with Gasteiger partial charge in [-0.2, -0.15) is 0 Å². The molecule has 0 radical (unpaired) electrons. The molecule has 0 bridgehead atoms. The van der Waals surface area contributed by atoms with Crippen molar-refractivity contribution in [3.63, 3.8) is 0 Å². The standard InChI is InChI=1S/C27H31N3O3/c1-17(14-20-11-10-19-6-4-5-7-23(19)20)29-25-24(26(32)27(25)33)28-16-21(30(2)3)15-18-8-12-22(31)13-9-18/h4-9,11-13,17,21,28-29,31H,10,14-16H2,1-3H3/t17-,21?/m0/s1. The average molecular weight is 446 g/mol. The lowest BCUT2D eigenvalue weighted by Crippen LogP contribution is -2.42. The zero-order chi connectivity index (χ0) is 23.5. The van der Waals surface area contributed by atoms with Gasteiger partial charge in [0.15, 0.2) is 0 Å². The number of anilines is 2. The maximum absolute atomic E-state index is 12.3. The molecule has 3 aromatic rings. The maximum atomic E-state index is 12.3. The summed E-state index contributed by atoms with van der Waals surface area (Å²) in [7, 11) is 3.98. The number of hydrogen-bond acceptors (Lipinski definition) is 6.